The Morgan fingerprint density at radius 2 is 2.04 bits per heavy atom. The molecule has 0 bridgehead atoms. The van der Waals surface area contributed by atoms with E-state index in [0.29, 0.717) is 19.4 Å². The fourth-order valence-corrected chi connectivity index (χ4v) is 2.30. The standard InChI is InChI=1S/C16H22N4O3/c17-13(16(23)20-10-15(22)18-6-3-7-21)8-11-9-19-14-5-2-1-4-12(11)14/h1-2,4-5,9,13,19,21H,3,6-8,10,17H2,(H,18,22)(H,20,23)/t13-/m0/s1. The van der Waals surface area contributed by atoms with Crippen molar-refractivity contribution in [2.75, 3.05) is 19.7 Å². The van der Waals surface area contributed by atoms with E-state index >= 15 is 0 Å². The Kier molecular flexibility index (Phi) is 6.13. The average molecular weight is 318 g/mol. The van der Waals surface area contributed by atoms with Crippen LogP contribution in [0.4, 0.5) is 0 Å². The lowest BCUT2D eigenvalue weighted by Crippen LogP contribution is -2.46. The van der Waals surface area contributed by atoms with E-state index in [4.69, 9.17) is 10.8 Å². The van der Waals surface area contributed by atoms with Crippen molar-refractivity contribution in [2.45, 2.75) is 18.9 Å². The highest BCUT2D eigenvalue weighted by atomic mass is 16.3. The molecule has 0 aliphatic carbocycles. The number of amides is 2. The summed E-state index contributed by atoms with van der Waals surface area (Å²) in [5.41, 5.74) is 7.88. The van der Waals surface area contributed by atoms with Crippen molar-refractivity contribution in [3.05, 3.63) is 36.0 Å². The molecular formula is C16H22N4O3. The van der Waals surface area contributed by atoms with Gasteiger partial charge in [-0.25, -0.2) is 0 Å². The van der Waals surface area contributed by atoms with Gasteiger partial charge in [-0.1, -0.05) is 18.2 Å². The van der Waals surface area contributed by atoms with Gasteiger partial charge in [-0.05, 0) is 24.5 Å². The normalized spacial score (nSPS) is 12.1. The SMILES string of the molecule is N[C@@H](Cc1c[nH]c2ccccc12)C(=O)NCC(=O)NCCCO. The Hall–Kier alpha value is -2.38. The number of para-hydroxylation sites is 1. The van der Waals surface area contributed by atoms with Gasteiger partial charge in [0.2, 0.25) is 11.8 Å². The van der Waals surface area contributed by atoms with Crippen LogP contribution in [0.25, 0.3) is 10.9 Å². The van der Waals surface area contributed by atoms with Crippen LogP contribution < -0.4 is 16.4 Å². The third-order valence-corrected chi connectivity index (χ3v) is 3.53. The van der Waals surface area contributed by atoms with Crippen LogP contribution in [-0.2, 0) is 16.0 Å². The Labute approximate surface area is 134 Å². The molecule has 0 saturated heterocycles. The van der Waals surface area contributed by atoms with E-state index in [1.54, 1.807) is 0 Å². The highest BCUT2D eigenvalue weighted by Crippen LogP contribution is 2.18. The number of benzene rings is 1. The number of aromatic amines is 1. The molecule has 0 fully saturated rings. The second-order valence-electron chi connectivity index (χ2n) is 5.32. The molecule has 2 rings (SSSR count). The molecule has 0 aliphatic heterocycles. The number of nitrogens with two attached hydrogens (primary N) is 1. The number of rotatable bonds is 8. The third kappa shape index (κ3) is 4.80. The van der Waals surface area contributed by atoms with Crippen LogP contribution in [0.1, 0.15) is 12.0 Å². The van der Waals surface area contributed by atoms with E-state index < -0.39 is 6.04 Å². The third-order valence-electron chi connectivity index (χ3n) is 3.53. The minimum Gasteiger partial charge on any atom is -0.396 e. The molecule has 0 spiro atoms. The zero-order chi connectivity index (χ0) is 16.7. The largest absolute Gasteiger partial charge is 0.396 e. The van der Waals surface area contributed by atoms with E-state index in [-0.39, 0.29) is 25.0 Å². The molecule has 124 valence electrons. The smallest absolute Gasteiger partial charge is 0.239 e. The fourth-order valence-electron chi connectivity index (χ4n) is 2.30. The van der Waals surface area contributed by atoms with Crippen molar-refractivity contribution < 1.29 is 14.7 Å². The van der Waals surface area contributed by atoms with Crippen molar-refractivity contribution in [3.8, 4) is 0 Å². The first-order valence-corrected chi connectivity index (χ1v) is 7.57. The maximum atomic E-state index is 12.0. The van der Waals surface area contributed by atoms with Gasteiger partial charge in [-0.3, -0.25) is 9.59 Å². The van der Waals surface area contributed by atoms with Crippen LogP contribution in [-0.4, -0.2) is 47.6 Å². The Balaban J connectivity index is 1.82. The monoisotopic (exact) mass is 318 g/mol. The predicted octanol–water partition coefficient (Wildman–Crippen LogP) is -0.347. The summed E-state index contributed by atoms with van der Waals surface area (Å²) in [5, 5.41) is 14.8. The van der Waals surface area contributed by atoms with Crippen LogP contribution in [0.5, 0.6) is 0 Å². The summed E-state index contributed by atoms with van der Waals surface area (Å²) in [6.45, 7) is 0.278. The summed E-state index contributed by atoms with van der Waals surface area (Å²) >= 11 is 0. The van der Waals surface area contributed by atoms with Gasteiger partial charge >= 0.3 is 0 Å². The van der Waals surface area contributed by atoms with E-state index in [1.165, 1.54) is 0 Å². The second kappa shape index (κ2) is 8.30. The molecule has 7 nitrogen and oxygen atoms in total. The lowest BCUT2D eigenvalue weighted by atomic mass is 10.1. The summed E-state index contributed by atoms with van der Waals surface area (Å²) in [4.78, 5) is 26.6. The first kappa shape index (κ1) is 17.0. The van der Waals surface area contributed by atoms with Gasteiger partial charge in [-0.15, -0.1) is 0 Å². The number of carbonyl (C=O) groups excluding carboxylic acids is 2. The van der Waals surface area contributed by atoms with Gasteiger partial charge in [0, 0.05) is 30.3 Å². The summed E-state index contributed by atoms with van der Waals surface area (Å²) < 4.78 is 0. The van der Waals surface area contributed by atoms with Crippen molar-refractivity contribution in [1.29, 1.82) is 0 Å². The van der Waals surface area contributed by atoms with E-state index in [0.717, 1.165) is 16.5 Å². The molecular weight excluding hydrogens is 296 g/mol. The first-order chi connectivity index (χ1) is 11.1. The van der Waals surface area contributed by atoms with Crippen molar-refractivity contribution in [2.24, 2.45) is 5.73 Å². The first-order valence-electron chi connectivity index (χ1n) is 7.57. The van der Waals surface area contributed by atoms with E-state index in [9.17, 15) is 9.59 Å². The molecule has 1 atom stereocenters. The molecule has 0 aliphatic rings. The van der Waals surface area contributed by atoms with Crippen molar-refractivity contribution >= 4 is 22.7 Å². The lowest BCUT2D eigenvalue weighted by molar-refractivity contribution is -0.126. The fraction of sp³-hybridized carbons (Fsp3) is 0.375. The Morgan fingerprint density at radius 1 is 1.26 bits per heavy atom. The van der Waals surface area contributed by atoms with Gasteiger partial charge in [-0.2, -0.15) is 0 Å². The van der Waals surface area contributed by atoms with Gasteiger partial charge in [0.25, 0.3) is 0 Å². The molecule has 2 amide bonds. The maximum absolute atomic E-state index is 12.0. The topological polar surface area (TPSA) is 120 Å². The molecule has 7 heteroatoms. The number of carbonyl (C=O) groups is 2. The van der Waals surface area contributed by atoms with Crippen LogP contribution in [0.15, 0.2) is 30.5 Å². The van der Waals surface area contributed by atoms with Gasteiger partial charge < -0.3 is 26.5 Å². The number of fused-ring (bicyclic) bond motifs is 1. The molecule has 0 saturated carbocycles. The summed E-state index contributed by atoms with van der Waals surface area (Å²) in [6.07, 6.45) is 2.72. The number of hydrogen-bond acceptors (Lipinski definition) is 4. The Morgan fingerprint density at radius 3 is 2.83 bits per heavy atom. The van der Waals surface area contributed by atoms with Crippen molar-refractivity contribution in [3.63, 3.8) is 0 Å². The predicted molar refractivity (Wildman–Crippen MR) is 87.7 cm³/mol. The quantitative estimate of drug-likeness (QED) is 0.427. The average Bonchev–Trinajstić information content (AvgIpc) is 2.96. The molecule has 6 N–H and O–H groups in total. The van der Waals surface area contributed by atoms with Crippen LogP contribution >= 0.6 is 0 Å². The number of nitrogens with one attached hydrogen (secondary N) is 3. The van der Waals surface area contributed by atoms with Gasteiger partial charge in [0.1, 0.15) is 0 Å². The minimum atomic E-state index is -0.723. The number of aliphatic hydroxyl groups is 1. The van der Waals surface area contributed by atoms with Crippen molar-refractivity contribution in [1.82, 2.24) is 15.6 Å². The molecule has 0 unspecified atom stereocenters. The molecule has 1 aromatic heterocycles. The summed E-state index contributed by atoms with van der Waals surface area (Å²) in [7, 11) is 0. The number of hydrogen-bond donors (Lipinski definition) is 5. The summed E-state index contributed by atoms with van der Waals surface area (Å²) in [5.74, 6) is -0.668. The zero-order valence-electron chi connectivity index (χ0n) is 12.8. The molecule has 1 aromatic carbocycles. The van der Waals surface area contributed by atoms with E-state index in [1.807, 2.05) is 30.5 Å². The van der Waals surface area contributed by atoms with Gasteiger partial charge in [0.15, 0.2) is 0 Å². The minimum absolute atomic E-state index is 0.0160. The van der Waals surface area contributed by atoms with Crippen LogP contribution in [0, 0.1) is 0 Å². The number of aliphatic hydroxyl groups excluding tert-OH is 1. The lowest BCUT2D eigenvalue weighted by Gasteiger charge is -2.12. The van der Waals surface area contributed by atoms with Gasteiger partial charge in [0.05, 0.1) is 12.6 Å². The van der Waals surface area contributed by atoms with Crippen LogP contribution in [0.2, 0.25) is 0 Å². The Bertz CT molecular complexity index is 668. The molecule has 0 radical (unpaired) electrons. The highest BCUT2D eigenvalue weighted by Gasteiger charge is 2.16. The van der Waals surface area contributed by atoms with Crippen LogP contribution in [0.3, 0.4) is 0 Å². The summed E-state index contributed by atoms with van der Waals surface area (Å²) in [6, 6.07) is 7.08. The maximum Gasteiger partial charge on any atom is 0.239 e. The zero-order valence-corrected chi connectivity index (χ0v) is 12.8. The van der Waals surface area contributed by atoms with E-state index in [2.05, 4.69) is 15.6 Å². The highest BCUT2D eigenvalue weighted by molar-refractivity contribution is 5.88. The number of H-pyrrole nitrogens is 1. The molecule has 2 aromatic rings. The second-order valence-corrected chi connectivity index (χ2v) is 5.32. The molecule has 1 heterocycles. The molecule has 23 heavy (non-hydrogen) atoms. The number of aromatic nitrogens is 1.